The van der Waals surface area contributed by atoms with Gasteiger partial charge in [0.05, 0.1) is 30.8 Å². The molecule has 2 aromatic carbocycles. The zero-order valence-corrected chi connectivity index (χ0v) is 14.4. The molecule has 0 saturated carbocycles. The summed E-state index contributed by atoms with van der Waals surface area (Å²) < 4.78 is 12.9. The summed E-state index contributed by atoms with van der Waals surface area (Å²) in [6.45, 7) is 5.52. The van der Waals surface area contributed by atoms with E-state index in [-0.39, 0.29) is 12.0 Å². The van der Waals surface area contributed by atoms with Gasteiger partial charge in [0.2, 0.25) is 0 Å². The highest BCUT2D eigenvalue weighted by Gasteiger charge is 2.18. The van der Waals surface area contributed by atoms with Gasteiger partial charge >= 0.3 is 5.97 Å². The number of hydrogen-bond acceptors (Lipinski definition) is 3. The molecule has 0 fully saturated rings. The number of esters is 1. The molecule has 0 aliphatic carbocycles. The molecule has 0 spiro atoms. The lowest BCUT2D eigenvalue weighted by Gasteiger charge is -2.20. The van der Waals surface area contributed by atoms with Crippen LogP contribution in [0.3, 0.4) is 0 Å². The van der Waals surface area contributed by atoms with E-state index in [1.165, 1.54) is 18.0 Å². The van der Waals surface area contributed by atoms with Gasteiger partial charge in [-0.25, -0.2) is 4.79 Å². The number of fused-ring (bicyclic) bond motifs is 3. The Hall–Kier alpha value is -2.33. The van der Waals surface area contributed by atoms with E-state index in [1.54, 1.807) is 0 Å². The van der Waals surface area contributed by atoms with Crippen molar-refractivity contribution in [1.29, 1.82) is 0 Å². The van der Waals surface area contributed by atoms with E-state index in [0.717, 1.165) is 17.3 Å². The largest absolute Gasteiger partial charge is 0.465 e. The summed E-state index contributed by atoms with van der Waals surface area (Å²) in [6.07, 6.45) is 0.955. The number of aromatic nitrogens is 1. The molecular formula is C20H23NO3. The number of para-hydroxylation sites is 1. The molecule has 0 N–H and O–H groups in total. The van der Waals surface area contributed by atoms with Crippen LogP contribution in [0.2, 0.25) is 0 Å². The van der Waals surface area contributed by atoms with Crippen LogP contribution in [-0.4, -0.2) is 30.9 Å². The zero-order chi connectivity index (χ0) is 17.1. The Morgan fingerprint density at radius 1 is 1.08 bits per heavy atom. The summed E-state index contributed by atoms with van der Waals surface area (Å²) in [7, 11) is 1.41. The third kappa shape index (κ3) is 2.78. The predicted octanol–water partition coefficient (Wildman–Crippen LogP) is 4.57. The highest BCUT2D eigenvalue weighted by atomic mass is 16.5. The maximum Gasteiger partial charge on any atom is 0.337 e. The molecule has 1 atom stereocenters. The second-order valence-electron chi connectivity index (χ2n) is 5.83. The summed E-state index contributed by atoms with van der Waals surface area (Å²) in [5, 5.41) is 2.34. The Morgan fingerprint density at radius 3 is 2.54 bits per heavy atom. The Bertz CT molecular complexity index is 866. The molecule has 126 valence electrons. The van der Waals surface area contributed by atoms with Crippen LogP contribution < -0.4 is 0 Å². The fourth-order valence-electron chi connectivity index (χ4n) is 3.27. The molecule has 0 aliphatic rings. The van der Waals surface area contributed by atoms with E-state index in [4.69, 9.17) is 9.47 Å². The lowest BCUT2D eigenvalue weighted by Crippen LogP contribution is -2.15. The third-order valence-corrected chi connectivity index (χ3v) is 4.48. The minimum absolute atomic E-state index is 0.222. The van der Waals surface area contributed by atoms with Gasteiger partial charge in [-0.05, 0) is 31.5 Å². The summed E-state index contributed by atoms with van der Waals surface area (Å²) >= 11 is 0. The van der Waals surface area contributed by atoms with Gasteiger partial charge in [0.25, 0.3) is 0 Å². The molecule has 0 radical (unpaired) electrons. The van der Waals surface area contributed by atoms with Crippen LogP contribution in [0.5, 0.6) is 0 Å². The van der Waals surface area contributed by atoms with E-state index in [2.05, 4.69) is 23.6 Å². The van der Waals surface area contributed by atoms with Crippen molar-refractivity contribution in [2.45, 2.75) is 26.3 Å². The van der Waals surface area contributed by atoms with Crippen LogP contribution in [0.15, 0.2) is 42.5 Å². The van der Waals surface area contributed by atoms with Crippen molar-refractivity contribution in [3.8, 4) is 0 Å². The highest BCUT2D eigenvalue weighted by molar-refractivity contribution is 6.09. The lowest BCUT2D eigenvalue weighted by molar-refractivity contribution is 0.0601. The average Bonchev–Trinajstić information content (AvgIpc) is 2.96. The first kappa shape index (κ1) is 16.5. The molecule has 24 heavy (non-hydrogen) atoms. The second-order valence-corrected chi connectivity index (χ2v) is 5.83. The Balaban J connectivity index is 2.27. The molecular weight excluding hydrogens is 302 g/mol. The Kier molecular flexibility index (Phi) is 4.86. The summed E-state index contributed by atoms with van der Waals surface area (Å²) in [6, 6.07) is 14.3. The number of nitrogens with zero attached hydrogens (tertiary/aromatic N) is 1. The lowest BCUT2D eigenvalue weighted by atomic mass is 10.1. The van der Waals surface area contributed by atoms with Gasteiger partial charge in [-0.15, -0.1) is 0 Å². The minimum Gasteiger partial charge on any atom is -0.465 e. The number of benzene rings is 2. The fraction of sp³-hybridized carbons (Fsp3) is 0.350. The molecule has 4 nitrogen and oxygen atoms in total. The van der Waals surface area contributed by atoms with Crippen LogP contribution in [0.1, 0.15) is 36.7 Å². The van der Waals surface area contributed by atoms with Crippen molar-refractivity contribution >= 4 is 27.8 Å². The van der Waals surface area contributed by atoms with Crippen molar-refractivity contribution in [2.24, 2.45) is 0 Å². The average molecular weight is 325 g/mol. The molecule has 1 heterocycles. The topological polar surface area (TPSA) is 40.5 Å². The fourth-order valence-corrected chi connectivity index (χ4v) is 3.27. The van der Waals surface area contributed by atoms with E-state index in [9.17, 15) is 4.79 Å². The minimum atomic E-state index is -0.313. The monoisotopic (exact) mass is 325 g/mol. The van der Waals surface area contributed by atoms with Crippen LogP contribution in [0.4, 0.5) is 0 Å². The summed E-state index contributed by atoms with van der Waals surface area (Å²) in [5.74, 6) is -0.313. The predicted molar refractivity (Wildman–Crippen MR) is 96.6 cm³/mol. The molecule has 0 aliphatic heterocycles. The first-order chi connectivity index (χ1) is 11.7. The van der Waals surface area contributed by atoms with Gasteiger partial charge in [-0.1, -0.05) is 31.2 Å². The van der Waals surface area contributed by atoms with Crippen LogP contribution >= 0.6 is 0 Å². The molecule has 0 bridgehead atoms. The van der Waals surface area contributed by atoms with E-state index in [0.29, 0.717) is 18.8 Å². The van der Waals surface area contributed by atoms with Gasteiger partial charge in [0.1, 0.15) is 0 Å². The Labute approximate surface area is 142 Å². The first-order valence-electron chi connectivity index (χ1n) is 8.40. The second kappa shape index (κ2) is 7.05. The first-order valence-corrected chi connectivity index (χ1v) is 8.40. The summed E-state index contributed by atoms with van der Waals surface area (Å²) in [4.78, 5) is 11.9. The maximum absolute atomic E-state index is 11.9. The van der Waals surface area contributed by atoms with Crippen molar-refractivity contribution in [1.82, 2.24) is 4.57 Å². The van der Waals surface area contributed by atoms with Gasteiger partial charge in [-0.2, -0.15) is 0 Å². The van der Waals surface area contributed by atoms with Crippen LogP contribution in [0, 0.1) is 0 Å². The van der Waals surface area contributed by atoms with E-state index < -0.39 is 0 Å². The molecule has 3 aromatic rings. The third-order valence-electron chi connectivity index (χ3n) is 4.48. The number of methoxy groups -OCH3 is 1. The Morgan fingerprint density at radius 2 is 1.83 bits per heavy atom. The molecule has 1 aromatic heterocycles. The van der Waals surface area contributed by atoms with Crippen molar-refractivity contribution in [3.63, 3.8) is 0 Å². The van der Waals surface area contributed by atoms with E-state index in [1.807, 2.05) is 37.3 Å². The molecule has 3 rings (SSSR count). The van der Waals surface area contributed by atoms with Crippen molar-refractivity contribution < 1.29 is 14.3 Å². The number of hydrogen-bond donors (Lipinski definition) is 0. The van der Waals surface area contributed by atoms with Gasteiger partial charge in [-0.3, -0.25) is 0 Å². The van der Waals surface area contributed by atoms with Gasteiger partial charge in [0, 0.05) is 22.9 Å². The SMILES string of the molecule is CCOCC(CC)n1c2ccccc2c2ccc(C(=O)OC)cc21. The van der Waals surface area contributed by atoms with Crippen LogP contribution in [-0.2, 0) is 9.47 Å². The van der Waals surface area contributed by atoms with E-state index >= 15 is 0 Å². The summed E-state index contributed by atoms with van der Waals surface area (Å²) in [5.41, 5.74) is 2.78. The molecule has 0 saturated heterocycles. The van der Waals surface area contributed by atoms with Gasteiger partial charge < -0.3 is 14.0 Å². The van der Waals surface area contributed by atoms with Crippen LogP contribution in [0.25, 0.3) is 21.8 Å². The number of carbonyl (C=O) groups excluding carboxylic acids is 1. The number of ether oxygens (including phenoxy) is 2. The van der Waals surface area contributed by atoms with Crippen molar-refractivity contribution in [2.75, 3.05) is 20.3 Å². The quantitative estimate of drug-likeness (QED) is 0.623. The number of rotatable bonds is 6. The van der Waals surface area contributed by atoms with Crippen molar-refractivity contribution in [3.05, 3.63) is 48.0 Å². The standard InChI is InChI=1S/C20H23NO3/c1-4-15(13-24-5-2)21-18-9-7-6-8-16(18)17-11-10-14(12-19(17)21)20(22)23-3/h6-12,15H,4-5,13H2,1-3H3. The normalized spacial score (nSPS) is 12.6. The smallest absolute Gasteiger partial charge is 0.337 e. The highest BCUT2D eigenvalue weighted by Crippen LogP contribution is 2.33. The molecule has 4 heteroatoms. The maximum atomic E-state index is 11.9. The molecule has 0 amide bonds. The van der Waals surface area contributed by atoms with Gasteiger partial charge in [0.15, 0.2) is 0 Å². The number of carbonyl (C=O) groups is 1. The molecule has 1 unspecified atom stereocenters. The zero-order valence-electron chi connectivity index (χ0n) is 14.4.